The Labute approximate surface area is 111 Å². The lowest BCUT2D eigenvalue weighted by Gasteiger charge is -2.26. The van der Waals surface area contributed by atoms with E-state index in [1.165, 1.54) is 0 Å². The Morgan fingerprint density at radius 3 is 3.00 bits per heavy atom. The van der Waals surface area contributed by atoms with Gasteiger partial charge in [0.25, 0.3) is 0 Å². The van der Waals surface area contributed by atoms with Crippen LogP contribution < -0.4 is 4.90 Å². The highest BCUT2D eigenvalue weighted by Gasteiger charge is 2.31. The van der Waals surface area contributed by atoms with Crippen LogP contribution in [0.25, 0.3) is 11.2 Å². The Bertz CT molecular complexity index is 559. The number of halogens is 1. The summed E-state index contributed by atoms with van der Waals surface area (Å²) in [5, 5.41) is 0. The third kappa shape index (κ3) is 1.90. The zero-order valence-corrected chi connectivity index (χ0v) is 11.0. The van der Waals surface area contributed by atoms with E-state index in [0.29, 0.717) is 23.5 Å². The summed E-state index contributed by atoms with van der Waals surface area (Å²) in [5.74, 6) is 2.21. The highest BCUT2D eigenvalue weighted by atomic mass is 35.5. The summed E-state index contributed by atoms with van der Waals surface area (Å²) in [6.07, 6.45) is 4.52. The summed E-state index contributed by atoms with van der Waals surface area (Å²) in [7, 11) is 0. The van der Waals surface area contributed by atoms with Crippen molar-refractivity contribution >= 4 is 28.6 Å². The molecular weight excluding hydrogens is 248 g/mol. The van der Waals surface area contributed by atoms with E-state index >= 15 is 0 Å². The number of hydrogen-bond donors (Lipinski definition) is 0. The van der Waals surface area contributed by atoms with Gasteiger partial charge in [-0.05, 0) is 24.5 Å². The fraction of sp³-hybridized carbons (Fsp3) is 0.462. The van der Waals surface area contributed by atoms with Gasteiger partial charge < -0.3 is 4.90 Å². The number of pyridine rings is 1. The lowest BCUT2D eigenvalue weighted by molar-refractivity contribution is 0.549. The van der Waals surface area contributed by atoms with Gasteiger partial charge in [-0.2, -0.15) is 0 Å². The molecule has 5 heteroatoms. The van der Waals surface area contributed by atoms with Gasteiger partial charge >= 0.3 is 0 Å². The quantitative estimate of drug-likeness (QED) is 0.780. The third-order valence-corrected chi connectivity index (χ3v) is 3.97. The zero-order valence-electron chi connectivity index (χ0n) is 10.3. The first-order valence-electron chi connectivity index (χ1n) is 6.20. The minimum atomic E-state index is 0.369. The maximum absolute atomic E-state index is 6.07. The van der Waals surface area contributed by atoms with Gasteiger partial charge in [0.05, 0.1) is 0 Å². The van der Waals surface area contributed by atoms with Crippen molar-refractivity contribution in [3.8, 4) is 0 Å². The van der Waals surface area contributed by atoms with Gasteiger partial charge in [-0.3, -0.25) is 4.98 Å². The minimum absolute atomic E-state index is 0.369. The molecule has 0 spiro atoms. The fourth-order valence-electron chi connectivity index (χ4n) is 2.53. The molecular formula is C13H15ClN4. The summed E-state index contributed by atoms with van der Waals surface area (Å²) in [6.45, 7) is 3.26. The summed E-state index contributed by atoms with van der Waals surface area (Å²) in [6, 6.07) is 4.35. The van der Waals surface area contributed by atoms with Crippen molar-refractivity contribution in [1.29, 1.82) is 0 Å². The first kappa shape index (κ1) is 11.7. The standard InChI is InChI=1S/C13H15ClN4/c1-9-4-7-18(11(9)8-14)12-3-2-10-13(17-12)16-6-5-15-10/h2-3,5-6,9,11H,4,7-8H2,1H3. The molecule has 0 N–H and O–H groups in total. The molecule has 0 amide bonds. The number of anilines is 1. The second-order valence-corrected chi connectivity index (χ2v) is 5.06. The molecule has 18 heavy (non-hydrogen) atoms. The molecule has 1 aliphatic heterocycles. The molecule has 2 atom stereocenters. The van der Waals surface area contributed by atoms with E-state index in [1.807, 2.05) is 12.1 Å². The predicted octanol–water partition coefficient (Wildman–Crippen LogP) is 2.48. The zero-order chi connectivity index (χ0) is 12.5. The maximum Gasteiger partial charge on any atom is 0.180 e. The molecule has 2 aromatic heterocycles. The molecule has 1 saturated heterocycles. The van der Waals surface area contributed by atoms with Crippen molar-refractivity contribution in [3.05, 3.63) is 24.5 Å². The van der Waals surface area contributed by atoms with Crippen LogP contribution in [0.1, 0.15) is 13.3 Å². The smallest absolute Gasteiger partial charge is 0.180 e. The van der Waals surface area contributed by atoms with E-state index in [9.17, 15) is 0 Å². The topological polar surface area (TPSA) is 41.9 Å². The van der Waals surface area contributed by atoms with Crippen LogP contribution in [-0.2, 0) is 0 Å². The second-order valence-electron chi connectivity index (χ2n) is 4.75. The van der Waals surface area contributed by atoms with E-state index in [4.69, 9.17) is 11.6 Å². The van der Waals surface area contributed by atoms with Crippen molar-refractivity contribution in [2.75, 3.05) is 17.3 Å². The number of rotatable bonds is 2. The van der Waals surface area contributed by atoms with E-state index in [-0.39, 0.29) is 0 Å². The van der Waals surface area contributed by atoms with Crippen molar-refractivity contribution in [1.82, 2.24) is 15.0 Å². The van der Waals surface area contributed by atoms with Crippen LogP contribution in [0.15, 0.2) is 24.5 Å². The van der Waals surface area contributed by atoms with Crippen LogP contribution in [0.3, 0.4) is 0 Å². The average molecular weight is 263 g/mol. The summed E-state index contributed by atoms with van der Waals surface area (Å²) in [4.78, 5) is 15.4. The Hall–Kier alpha value is -1.42. The number of fused-ring (bicyclic) bond motifs is 1. The van der Waals surface area contributed by atoms with Gasteiger partial charge in [-0.1, -0.05) is 6.92 Å². The predicted molar refractivity (Wildman–Crippen MR) is 73.0 cm³/mol. The number of aromatic nitrogens is 3. The molecule has 1 fully saturated rings. The van der Waals surface area contributed by atoms with Gasteiger partial charge in [0.1, 0.15) is 11.3 Å². The first-order chi connectivity index (χ1) is 8.79. The van der Waals surface area contributed by atoms with Crippen LogP contribution in [0, 0.1) is 5.92 Å². The molecule has 0 aliphatic carbocycles. The van der Waals surface area contributed by atoms with E-state index < -0.39 is 0 Å². The molecule has 0 saturated carbocycles. The summed E-state index contributed by atoms with van der Waals surface area (Å²) < 4.78 is 0. The highest BCUT2D eigenvalue weighted by Crippen LogP contribution is 2.29. The molecule has 2 aromatic rings. The summed E-state index contributed by atoms with van der Waals surface area (Å²) in [5.41, 5.74) is 1.53. The van der Waals surface area contributed by atoms with Crippen molar-refractivity contribution in [3.63, 3.8) is 0 Å². The van der Waals surface area contributed by atoms with Crippen LogP contribution in [0.2, 0.25) is 0 Å². The lowest BCUT2D eigenvalue weighted by Crippen LogP contribution is -2.34. The van der Waals surface area contributed by atoms with Crippen molar-refractivity contribution in [2.24, 2.45) is 5.92 Å². The van der Waals surface area contributed by atoms with Crippen molar-refractivity contribution < 1.29 is 0 Å². The van der Waals surface area contributed by atoms with Crippen LogP contribution in [-0.4, -0.2) is 33.4 Å². The minimum Gasteiger partial charge on any atom is -0.352 e. The van der Waals surface area contributed by atoms with Gasteiger partial charge in [-0.25, -0.2) is 9.97 Å². The fourth-order valence-corrected chi connectivity index (χ4v) is 3.00. The monoisotopic (exact) mass is 262 g/mol. The van der Waals surface area contributed by atoms with Gasteiger partial charge in [0.2, 0.25) is 0 Å². The molecule has 4 nitrogen and oxygen atoms in total. The largest absolute Gasteiger partial charge is 0.352 e. The molecule has 0 bridgehead atoms. The van der Waals surface area contributed by atoms with E-state index in [1.54, 1.807) is 12.4 Å². The number of alkyl halides is 1. The van der Waals surface area contributed by atoms with Gasteiger partial charge in [0.15, 0.2) is 5.65 Å². The lowest BCUT2D eigenvalue weighted by atomic mass is 10.1. The molecule has 94 valence electrons. The molecule has 2 unspecified atom stereocenters. The van der Waals surface area contributed by atoms with Crippen LogP contribution in [0.4, 0.5) is 5.82 Å². The Morgan fingerprint density at radius 1 is 1.33 bits per heavy atom. The van der Waals surface area contributed by atoms with Crippen LogP contribution in [0.5, 0.6) is 0 Å². The van der Waals surface area contributed by atoms with Gasteiger partial charge in [-0.15, -0.1) is 11.6 Å². The molecule has 3 rings (SSSR count). The molecule has 1 aliphatic rings. The van der Waals surface area contributed by atoms with Crippen molar-refractivity contribution in [2.45, 2.75) is 19.4 Å². The third-order valence-electron chi connectivity index (χ3n) is 3.65. The van der Waals surface area contributed by atoms with E-state index in [0.717, 1.165) is 24.3 Å². The number of nitrogens with zero attached hydrogens (tertiary/aromatic N) is 4. The highest BCUT2D eigenvalue weighted by molar-refractivity contribution is 6.18. The maximum atomic E-state index is 6.07. The SMILES string of the molecule is CC1CCN(c2ccc3nccnc3n2)C1CCl. The van der Waals surface area contributed by atoms with E-state index in [2.05, 4.69) is 26.8 Å². The molecule has 0 radical (unpaired) electrons. The average Bonchev–Trinajstić information content (AvgIpc) is 2.79. The first-order valence-corrected chi connectivity index (χ1v) is 6.73. The molecule has 3 heterocycles. The summed E-state index contributed by atoms with van der Waals surface area (Å²) >= 11 is 6.07. The van der Waals surface area contributed by atoms with Crippen LogP contribution >= 0.6 is 11.6 Å². The Balaban J connectivity index is 1.99. The van der Waals surface area contributed by atoms with Gasteiger partial charge in [0, 0.05) is 30.9 Å². The Morgan fingerprint density at radius 2 is 2.17 bits per heavy atom. The second kappa shape index (κ2) is 4.69. The Kier molecular flexibility index (Phi) is 3.04. The number of hydrogen-bond acceptors (Lipinski definition) is 4. The molecule has 0 aromatic carbocycles. The normalized spacial score (nSPS) is 23.8.